The summed E-state index contributed by atoms with van der Waals surface area (Å²) in [6.45, 7) is 1.59. The Kier molecular flexibility index (Phi) is 5.64. The van der Waals surface area contributed by atoms with Crippen LogP contribution in [0.3, 0.4) is 0 Å². The predicted molar refractivity (Wildman–Crippen MR) is 105 cm³/mol. The topological polar surface area (TPSA) is 104 Å². The Bertz CT molecular complexity index is 1070. The van der Waals surface area contributed by atoms with Crippen LogP contribution in [0.25, 0.3) is 11.4 Å². The van der Waals surface area contributed by atoms with Crippen LogP contribution < -0.4 is 11.3 Å². The zero-order valence-electron chi connectivity index (χ0n) is 15.3. The maximum Gasteiger partial charge on any atom is 0.347 e. The summed E-state index contributed by atoms with van der Waals surface area (Å²) in [6, 6.07) is 16.3. The number of aryl methyl sites for hydroxylation is 1. The van der Waals surface area contributed by atoms with Gasteiger partial charge >= 0.3 is 5.97 Å². The van der Waals surface area contributed by atoms with Crippen LogP contribution in [0.5, 0.6) is 0 Å². The molecule has 2 N–H and O–H groups in total. The summed E-state index contributed by atoms with van der Waals surface area (Å²) < 4.78 is 6.35. The largest absolute Gasteiger partial charge is 0.457 e. The van der Waals surface area contributed by atoms with Gasteiger partial charge in [0, 0.05) is 5.56 Å². The van der Waals surface area contributed by atoms with Crippen LogP contribution in [0.2, 0.25) is 0 Å². The number of anilines is 1. The van der Waals surface area contributed by atoms with Crippen molar-refractivity contribution in [1.29, 1.82) is 0 Å². The SMILES string of the molecule is Cc1ccccc1-c1nc(N)c(C(=O)OCc2ccccc2)c(=O)n1CC=O. The average Bonchev–Trinajstić information content (AvgIpc) is 2.70. The number of esters is 1. The molecule has 0 unspecified atom stereocenters. The van der Waals surface area contributed by atoms with E-state index < -0.39 is 11.5 Å². The zero-order chi connectivity index (χ0) is 20.1. The van der Waals surface area contributed by atoms with Gasteiger partial charge in [0.25, 0.3) is 5.56 Å². The van der Waals surface area contributed by atoms with Crippen LogP contribution in [0, 0.1) is 6.92 Å². The number of ether oxygens (including phenoxy) is 1. The molecule has 28 heavy (non-hydrogen) atoms. The van der Waals surface area contributed by atoms with Crippen molar-refractivity contribution in [3.63, 3.8) is 0 Å². The second kappa shape index (κ2) is 8.30. The molecule has 7 heteroatoms. The quantitative estimate of drug-likeness (QED) is 0.522. The summed E-state index contributed by atoms with van der Waals surface area (Å²) in [5.74, 6) is -0.884. The van der Waals surface area contributed by atoms with Gasteiger partial charge in [0.2, 0.25) is 0 Å². The maximum atomic E-state index is 12.9. The number of hydrogen-bond donors (Lipinski definition) is 1. The number of nitrogen functional groups attached to an aromatic ring is 1. The third-order valence-electron chi connectivity index (χ3n) is 4.26. The number of nitrogens with zero attached hydrogens (tertiary/aromatic N) is 2. The molecule has 1 aromatic heterocycles. The minimum Gasteiger partial charge on any atom is -0.457 e. The molecule has 0 bridgehead atoms. The average molecular weight is 377 g/mol. The summed E-state index contributed by atoms with van der Waals surface area (Å²) in [7, 11) is 0. The summed E-state index contributed by atoms with van der Waals surface area (Å²) >= 11 is 0. The Labute approximate surface area is 161 Å². The molecule has 0 atom stereocenters. The fourth-order valence-electron chi connectivity index (χ4n) is 2.83. The highest BCUT2D eigenvalue weighted by molar-refractivity contribution is 5.94. The van der Waals surface area contributed by atoms with Gasteiger partial charge in [-0.25, -0.2) is 9.78 Å². The number of carbonyl (C=O) groups is 2. The van der Waals surface area contributed by atoms with Gasteiger partial charge in [0.15, 0.2) is 5.56 Å². The van der Waals surface area contributed by atoms with Crippen molar-refractivity contribution in [2.45, 2.75) is 20.1 Å². The van der Waals surface area contributed by atoms with E-state index in [-0.39, 0.29) is 30.4 Å². The van der Waals surface area contributed by atoms with E-state index >= 15 is 0 Å². The lowest BCUT2D eigenvalue weighted by Gasteiger charge is -2.15. The zero-order valence-corrected chi connectivity index (χ0v) is 15.3. The third-order valence-corrected chi connectivity index (χ3v) is 4.26. The van der Waals surface area contributed by atoms with E-state index in [9.17, 15) is 14.4 Å². The lowest BCUT2D eigenvalue weighted by Crippen LogP contribution is -2.32. The van der Waals surface area contributed by atoms with Crippen molar-refractivity contribution in [3.8, 4) is 11.4 Å². The molecule has 0 saturated carbocycles. The second-order valence-electron chi connectivity index (χ2n) is 6.15. The van der Waals surface area contributed by atoms with Gasteiger partial charge in [0.1, 0.15) is 24.5 Å². The standard InChI is InChI=1S/C21H19N3O4/c1-14-7-5-6-10-16(14)19-23-18(22)17(20(26)24(19)11-12-25)21(27)28-13-15-8-3-2-4-9-15/h2-10,12H,11,13,22H2,1H3. The van der Waals surface area contributed by atoms with E-state index in [0.717, 1.165) is 15.7 Å². The number of carbonyl (C=O) groups excluding carboxylic acids is 2. The number of nitrogens with two attached hydrogens (primary N) is 1. The van der Waals surface area contributed by atoms with E-state index in [1.54, 1.807) is 24.3 Å². The molecular formula is C21H19N3O4. The summed E-state index contributed by atoms with van der Waals surface area (Å²) in [5.41, 5.74) is 7.11. The molecular weight excluding hydrogens is 358 g/mol. The molecule has 3 rings (SSSR count). The minimum atomic E-state index is -0.880. The van der Waals surface area contributed by atoms with Crippen molar-refractivity contribution >= 4 is 18.1 Å². The minimum absolute atomic E-state index is 0.00816. The molecule has 3 aromatic rings. The van der Waals surface area contributed by atoms with Crippen molar-refractivity contribution in [3.05, 3.63) is 81.6 Å². The Morgan fingerprint density at radius 1 is 1.14 bits per heavy atom. The molecule has 0 aliphatic heterocycles. The lowest BCUT2D eigenvalue weighted by atomic mass is 10.1. The Balaban J connectivity index is 2.02. The highest BCUT2D eigenvalue weighted by Crippen LogP contribution is 2.22. The van der Waals surface area contributed by atoms with Crippen molar-refractivity contribution in [2.24, 2.45) is 0 Å². The van der Waals surface area contributed by atoms with E-state index in [2.05, 4.69) is 4.98 Å². The normalized spacial score (nSPS) is 10.5. The van der Waals surface area contributed by atoms with E-state index in [4.69, 9.17) is 10.5 Å². The first-order valence-electron chi connectivity index (χ1n) is 8.64. The summed E-state index contributed by atoms with van der Waals surface area (Å²) in [4.78, 5) is 40.8. The van der Waals surface area contributed by atoms with Gasteiger partial charge in [0.05, 0.1) is 6.54 Å². The Hall–Kier alpha value is -3.74. The van der Waals surface area contributed by atoms with Crippen LogP contribution in [0.1, 0.15) is 21.5 Å². The van der Waals surface area contributed by atoms with Crippen LogP contribution >= 0.6 is 0 Å². The first-order chi connectivity index (χ1) is 13.5. The molecule has 1 heterocycles. The first-order valence-corrected chi connectivity index (χ1v) is 8.64. The fraction of sp³-hybridized carbons (Fsp3) is 0.143. The van der Waals surface area contributed by atoms with Gasteiger partial charge in [-0.3, -0.25) is 9.36 Å². The fourth-order valence-corrected chi connectivity index (χ4v) is 2.83. The first kappa shape index (κ1) is 19.0. The number of aromatic nitrogens is 2. The molecule has 0 spiro atoms. The molecule has 142 valence electrons. The number of rotatable bonds is 6. The Morgan fingerprint density at radius 3 is 2.50 bits per heavy atom. The van der Waals surface area contributed by atoms with Crippen molar-refractivity contribution < 1.29 is 14.3 Å². The monoisotopic (exact) mass is 377 g/mol. The van der Waals surface area contributed by atoms with Crippen LogP contribution in [0.4, 0.5) is 5.82 Å². The Morgan fingerprint density at radius 2 is 1.82 bits per heavy atom. The highest BCUT2D eigenvalue weighted by atomic mass is 16.5. The summed E-state index contributed by atoms with van der Waals surface area (Å²) in [6.07, 6.45) is 0.570. The van der Waals surface area contributed by atoms with Crippen molar-refractivity contribution in [1.82, 2.24) is 9.55 Å². The molecule has 0 saturated heterocycles. The van der Waals surface area contributed by atoms with Crippen LogP contribution in [-0.4, -0.2) is 21.8 Å². The molecule has 2 aromatic carbocycles. The number of benzene rings is 2. The molecule has 0 aliphatic rings. The lowest BCUT2D eigenvalue weighted by molar-refractivity contribution is -0.108. The molecule has 0 aliphatic carbocycles. The molecule has 0 radical (unpaired) electrons. The van der Waals surface area contributed by atoms with Crippen LogP contribution in [0.15, 0.2) is 59.4 Å². The third kappa shape index (κ3) is 3.83. The van der Waals surface area contributed by atoms with Gasteiger partial charge in [-0.2, -0.15) is 0 Å². The van der Waals surface area contributed by atoms with Gasteiger partial charge in [-0.05, 0) is 18.1 Å². The van der Waals surface area contributed by atoms with Crippen LogP contribution in [-0.2, 0) is 22.7 Å². The number of aldehydes is 1. The second-order valence-corrected chi connectivity index (χ2v) is 6.15. The number of hydrogen-bond acceptors (Lipinski definition) is 6. The van der Waals surface area contributed by atoms with E-state index in [0.29, 0.717) is 11.8 Å². The molecule has 7 nitrogen and oxygen atoms in total. The predicted octanol–water partition coefficient (Wildman–Crippen LogP) is 2.36. The van der Waals surface area contributed by atoms with E-state index in [1.807, 2.05) is 37.3 Å². The van der Waals surface area contributed by atoms with E-state index in [1.165, 1.54) is 0 Å². The van der Waals surface area contributed by atoms with Gasteiger partial charge in [-0.1, -0.05) is 54.6 Å². The van der Waals surface area contributed by atoms with Crippen molar-refractivity contribution in [2.75, 3.05) is 5.73 Å². The highest BCUT2D eigenvalue weighted by Gasteiger charge is 2.23. The van der Waals surface area contributed by atoms with Gasteiger partial charge in [-0.15, -0.1) is 0 Å². The molecule has 0 amide bonds. The summed E-state index contributed by atoms with van der Waals surface area (Å²) in [5, 5.41) is 0. The molecule has 0 fully saturated rings. The maximum absolute atomic E-state index is 12.9. The smallest absolute Gasteiger partial charge is 0.347 e. The van der Waals surface area contributed by atoms with Gasteiger partial charge < -0.3 is 15.3 Å².